The van der Waals surface area contributed by atoms with Gasteiger partial charge in [0.15, 0.2) is 37.7 Å². The van der Waals surface area contributed by atoms with Crippen LogP contribution in [0.3, 0.4) is 0 Å². The van der Waals surface area contributed by atoms with E-state index in [9.17, 15) is 107 Å². The summed E-state index contributed by atoms with van der Waals surface area (Å²) >= 11 is 0. The maximum Gasteiger partial charge on any atom is 0.187 e. The Morgan fingerprint density at radius 1 is 0.274 bits per heavy atom. The van der Waals surface area contributed by atoms with Crippen molar-refractivity contribution >= 4 is 0 Å². The number of benzene rings is 1. The lowest BCUT2D eigenvalue weighted by atomic mass is 9.97. The largest absolute Gasteiger partial charge is 0.394 e. The molecule has 33 nitrogen and oxygen atoms in total. The molecule has 0 radical (unpaired) electrons. The van der Waals surface area contributed by atoms with Gasteiger partial charge >= 0.3 is 0 Å². The number of aliphatic hydroxyl groups is 21. The second-order valence-corrected chi connectivity index (χ2v) is 20.2. The first kappa shape index (κ1) is 68.1. The molecule has 0 saturated carbocycles. The quantitative estimate of drug-likeness (QED) is 0.0607. The highest BCUT2D eigenvalue weighted by molar-refractivity contribution is 5.51. The molecule has 6 fully saturated rings. The SMILES string of the molecule is OC[C@H]1O[C@H](O[C@H]2[C@@H](O)[C@@H](CO)O[C@@H](OCC#Cc3cc(C#CCO[C@@H]4O[C@H](CO)[C@H](O)[C@H](O[C@H]5O[C@H](CO)[C@H](O)[C@H](O)[C@H]5O)[C@H]4O)cc(C#CCO[C@@H]4O[C@H](CO)[C@H](O)[C@H](O[C@H]5O[C@H](CO)[C@H](O)[C@H](O)[C@H]5O)[C@H]4O)c3)[C@@H]2O)[C@H](O)[C@@H](O)[C@H]1O. The maximum absolute atomic E-state index is 11.2. The van der Waals surface area contributed by atoms with Gasteiger partial charge in [-0.2, -0.15) is 0 Å². The van der Waals surface area contributed by atoms with Crippen molar-refractivity contribution in [1.29, 1.82) is 0 Å². The first-order valence-corrected chi connectivity index (χ1v) is 26.3. The van der Waals surface area contributed by atoms with Crippen LogP contribution in [0.5, 0.6) is 0 Å². The van der Waals surface area contributed by atoms with E-state index < -0.39 is 244 Å². The monoisotopic (exact) mass is 1210 g/mol. The maximum atomic E-state index is 11.2. The van der Waals surface area contributed by atoms with Gasteiger partial charge in [-0.05, 0) is 18.2 Å². The molecule has 21 N–H and O–H groups in total. The summed E-state index contributed by atoms with van der Waals surface area (Å²) in [5.41, 5.74) is 0.603. The summed E-state index contributed by atoms with van der Waals surface area (Å²) in [5.74, 6) is 16.5. The fraction of sp³-hybridized carbons (Fsp3) is 0.765. The summed E-state index contributed by atoms with van der Waals surface area (Å²) < 4.78 is 66.4. The smallest absolute Gasteiger partial charge is 0.187 e. The molecule has 0 spiro atoms. The van der Waals surface area contributed by atoms with Gasteiger partial charge in [0.1, 0.15) is 166 Å². The molecule has 0 aliphatic carbocycles. The third-order valence-electron chi connectivity index (χ3n) is 14.5. The second kappa shape index (κ2) is 31.2. The molecule has 84 heavy (non-hydrogen) atoms. The summed E-state index contributed by atoms with van der Waals surface area (Å²) in [5, 5.41) is 218. The number of hydrogen-bond acceptors (Lipinski definition) is 33. The van der Waals surface area contributed by atoms with Crippen LogP contribution in [0.4, 0.5) is 0 Å². The minimum absolute atomic E-state index is 0.201. The minimum Gasteiger partial charge on any atom is -0.394 e. The molecule has 6 heterocycles. The van der Waals surface area contributed by atoms with Crippen LogP contribution in [0.1, 0.15) is 16.7 Å². The predicted octanol–water partition coefficient (Wildman–Crippen LogP) is -13.3. The zero-order valence-electron chi connectivity index (χ0n) is 44.2. The van der Waals surface area contributed by atoms with Gasteiger partial charge in [0, 0.05) is 16.7 Å². The van der Waals surface area contributed by atoms with Gasteiger partial charge in [0.2, 0.25) is 0 Å². The first-order valence-electron chi connectivity index (χ1n) is 26.3. The molecule has 0 aromatic heterocycles. The summed E-state index contributed by atoms with van der Waals surface area (Å²) in [6.07, 6.45) is -51.7. The molecule has 0 unspecified atom stereocenters. The van der Waals surface area contributed by atoms with Crippen LogP contribution in [-0.4, -0.2) is 351 Å². The Hall–Kier alpha value is -3.42. The molecule has 0 bridgehead atoms. The van der Waals surface area contributed by atoms with E-state index in [-0.39, 0.29) is 16.7 Å². The highest BCUT2D eigenvalue weighted by Gasteiger charge is 2.54. The zero-order chi connectivity index (χ0) is 61.3. The molecule has 33 heteroatoms. The Balaban J connectivity index is 1.07. The summed E-state index contributed by atoms with van der Waals surface area (Å²) in [6.45, 7) is -6.49. The van der Waals surface area contributed by atoms with Crippen LogP contribution < -0.4 is 0 Å². The van der Waals surface area contributed by atoms with E-state index in [1.807, 2.05) is 0 Å². The number of hydrogen-bond donors (Lipinski definition) is 21. The van der Waals surface area contributed by atoms with E-state index >= 15 is 0 Å². The van der Waals surface area contributed by atoms with Gasteiger partial charge in [-0.3, -0.25) is 0 Å². The fourth-order valence-electron chi connectivity index (χ4n) is 9.69. The molecule has 6 aliphatic heterocycles. The highest BCUT2D eigenvalue weighted by Crippen LogP contribution is 2.33. The Kier molecular flexibility index (Phi) is 25.3. The number of ether oxygens (including phenoxy) is 12. The van der Waals surface area contributed by atoms with Crippen molar-refractivity contribution in [3.05, 3.63) is 34.9 Å². The van der Waals surface area contributed by atoms with Crippen molar-refractivity contribution in [3.8, 4) is 35.5 Å². The van der Waals surface area contributed by atoms with Gasteiger partial charge in [0.05, 0.1) is 39.6 Å². The number of rotatable bonds is 18. The van der Waals surface area contributed by atoms with Crippen LogP contribution in [0.25, 0.3) is 0 Å². The fourth-order valence-corrected chi connectivity index (χ4v) is 9.69. The standard InChI is InChI=1S/C51H72O33/c52-13-22-28(58)34(64)37(67)49(79-22)82-43-31(61)25(16-55)76-46(40(43)70)73-7-1-4-19-10-20(5-2-8-74-47-41(71)44(32(62)26(17-56)77-47)83-50-38(68)35(65)29(59)23(14-53)80-50)12-21(11-19)6-3-9-75-48-42(72)45(33(63)27(18-57)78-48)84-51-39(69)36(66)30(60)24(15-54)81-51/h10-12,22-72H,7-9,13-18H2/t22-,23-,24-,25-,26-,27-,28+,29+,30+,31+,32+,33+,34+,35+,36+,37-,38-,39-,40-,41-,42-,43+,44+,45+,46-,47-,48-,49-,50-,51-/m1/s1. The molecular formula is C51H72O33. The third-order valence-corrected chi connectivity index (χ3v) is 14.5. The van der Waals surface area contributed by atoms with Gasteiger partial charge in [-0.25, -0.2) is 0 Å². The predicted molar refractivity (Wildman–Crippen MR) is 264 cm³/mol. The molecule has 1 aromatic rings. The second-order valence-electron chi connectivity index (χ2n) is 20.2. The Morgan fingerprint density at radius 2 is 0.488 bits per heavy atom. The zero-order valence-corrected chi connectivity index (χ0v) is 44.2. The molecule has 6 aliphatic rings. The van der Waals surface area contributed by atoms with Gasteiger partial charge in [-0.1, -0.05) is 35.5 Å². The minimum atomic E-state index is -1.92. The lowest BCUT2D eigenvalue weighted by molar-refractivity contribution is -0.359. The molecule has 474 valence electrons. The van der Waals surface area contributed by atoms with Crippen LogP contribution >= 0.6 is 0 Å². The Bertz CT molecular complexity index is 2140. The van der Waals surface area contributed by atoms with Gasteiger partial charge in [0.25, 0.3) is 0 Å². The lowest BCUT2D eigenvalue weighted by Gasteiger charge is -2.45. The molecule has 1 aromatic carbocycles. The third kappa shape index (κ3) is 15.7. The average Bonchev–Trinajstić information content (AvgIpc) is 2.50. The van der Waals surface area contributed by atoms with Gasteiger partial charge in [-0.15, -0.1) is 0 Å². The van der Waals surface area contributed by atoms with Crippen molar-refractivity contribution < 1.29 is 164 Å². The lowest BCUT2D eigenvalue weighted by Crippen LogP contribution is -2.64. The molecule has 7 rings (SSSR count). The topological polar surface area (TPSA) is 536 Å². The van der Waals surface area contributed by atoms with Crippen molar-refractivity contribution in [2.24, 2.45) is 0 Å². The van der Waals surface area contributed by atoms with E-state index in [0.29, 0.717) is 0 Å². The van der Waals surface area contributed by atoms with E-state index in [0.717, 1.165) is 0 Å². The average molecular weight is 1210 g/mol. The highest BCUT2D eigenvalue weighted by atomic mass is 16.8. The van der Waals surface area contributed by atoms with E-state index in [1.54, 1.807) is 0 Å². The van der Waals surface area contributed by atoms with E-state index in [4.69, 9.17) is 56.8 Å². The summed E-state index contributed by atoms with van der Waals surface area (Å²) in [7, 11) is 0. The van der Waals surface area contributed by atoms with Crippen molar-refractivity contribution in [2.45, 2.75) is 184 Å². The Labute approximate surface area is 477 Å². The van der Waals surface area contributed by atoms with E-state index in [1.165, 1.54) is 18.2 Å². The molecule has 0 amide bonds. The molecule has 6 saturated heterocycles. The number of aliphatic hydroxyl groups excluding tert-OH is 21. The van der Waals surface area contributed by atoms with Crippen molar-refractivity contribution in [1.82, 2.24) is 0 Å². The van der Waals surface area contributed by atoms with Crippen molar-refractivity contribution in [3.63, 3.8) is 0 Å². The van der Waals surface area contributed by atoms with Gasteiger partial charge < -0.3 is 164 Å². The van der Waals surface area contributed by atoms with Crippen LogP contribution in [-0.2, 0) is 56.8 Å². The van der Waals surface area contributed by atoms with E-state index in [2.05, 4.69) is 35.5 Å². The molecular weight excluding hydrogens is 1140 g/mol. The van der Waals surface area contributed by atoms with Crippen LogP contribution in [0.2, 0.25) is 0 Å². The molecule has 30 atom stereocenters. The summed E-state index contributed by atoms with van der Waals surface area (Å²) in [4.78, 5) is 0. The Morgan fingerprint density at radius 3 is 0.714 bits per heavy atom. The normalized spacial score (nSPS) is 44.4. The summed E-state index contributed by atoms with van der Waals surface area (Å²) in [6, 6.07) is 4.40. The van der Waals surface area contributed by atoms with Crippen molar-refractivity contribution in [2.75, 3.05) is 59.5 Å². The van der Waals surface area contributed by atoms with Crippen LogP contribution in [0, 0.1) is 35.5 Å². The first-order chi connectivity index (χ1) is 40.1. The van der Waals surface area contributed by atoms with Crippen LogP contribution in [0.15, 0.2) is 18.2 Å².